The average Bonchev–Trinajstić information content (AvgIpc) is 2.76. The van der Waals surface area contributed by atoms with Crippen molar-refractivity contribution in [2.45, 2.75) is 18.3 Å². The Kier molecular flexibility index (Phi) is 12.8. The number of methoxy groups -OCH3 is 2. The van der Waals surface area contributed by atoms with Gasteiger partial charge in [0.25, 0.3) is 0 Å². The molecular formula is C23H34FIN4O2S. The summed E-state index contributed by atoms with van der Waals surface area (Å²) in [5.74, 6) is 2.65. The van der Waals surface area contributed by atoms with Crippen LogP contribution in [0.5, 0.6) is 11.5 Å². The smallest absolute Gasteiger partial charge is 0.191 e. The number of thioether (sulfide) groups is 1. The van der Waals surface area contributed by atoms with Gasteiger partial charge in [-0.1, -0.05) is 12.1 Å². The van der Waals surface area contributed by atoms with Crippen LogP contribution in [0.2, 0.25) is 0 Å². The Hall–Kier alpha value is -1.72. The molecule has 2 aromatic rings. The lowest BCUT2D eigenvalue weighted by Gasteiger charge is -2.26. The van der Waals surface area contributed by atoms with Crippen LogP contribution in [-0.4, -0.2) is 59.0 Å². The Balaban J connectivity index is 0.00000512. The lowest BCUT2D eigenvalue weighted by atomic mass is 10.1. The summed E-state index contributed by atoms with van der Waals surface area (Å²) >= 11 is 1.67. The molecule has 0 fully saturated rings. The summed E-state index contributed by atoms with van der Waals surface area (Å²) in [5.41, 5.74) is 3.15. The Morgan fingerprint density at radius 1 is 1.06 bits per heavy atom. The fourth-order valence-electron chi connectivity index (χ4n) is 3.31. The van der Waals surface area contributed by atoms with Gasteiger partial charge in [-0.05, 0) is 61.3 Å². The fraction of sp³-hybridized carbons (Fsp3) is 0.435. The number of likely N-dealkylation sites (N-methyl/N-ethyl adjacent to an activating group) is 1. The number of rotatable bonds is 10. The van der Waals surface area contributed by atoms with Gasteiger partial charge in [-0.3, -0.25) is 4.99 Å². The second-order valence-corrected chi connectivity index (χ2v) is 8.11. The summed E-state index contributed by atoms with van der Waals surface area (Å²) in [5, 5.41) is 6.73. The van der Waals surface area contributed by atoms with Crippen LogP contribution in [0.4, 0.5) is 4.39 Å². The second-order valence-electron chi connectivity index (χ2n) is 7.25. The molecule has 0 amide bonds. The highest BCUT2D eigenvalue weighted by Gasteiger charge is 2.17. The maximum absolute atomic E-state index is 13.6. The molecule has 9 heteroatoms. The summed E-state index contributed by atoms with van der Waals surface area (Å²) in [6.07, 6.45) is 2.01. The molecule has 0 aliphatic heterocycles. The van der Waals surface area contributed by atoms with Crippen LogP contribution in [0.1, 0.15) is 22.7 Å². The number of halogens is 2. The quantitative estimate of drug-likeness (QED) is 0.250. The predicted molar refractivity (Wildman–Crippen MR) is 143 cm³/mol. The van der Waals surface area contributed by atoms with Crippen molar-refractivity contribution in [3.63, 3.8) is 0 Å². The van der Waals surface area contributed by atoms with Crippen molar-refractivity contribution in [3.05, 3.63) is 58.9 Å². The molecule has 1 unspecified atom stereocenters. The molecule has 2 N–H and O–H groups in total. The second kappa shape index (κ2) is 14.4. The maximum atomic E-state index is 13.6. The van der Waals surface area contributed by atoms with Gasteiger partial charge in [0, 0.05) is 25.9 Å². The van der Waals surface area contributed by atoms with Crippen LogP contribution >= 0.6 is 35.7 Å². The van der Waals surface area contributed by atoms with E-state index in [0.29, 0.717) is 30.5 Å². The maximum Gasteiger partial charge on any atom is 0.191 e. The number of nitrogens with zero attached hydrogens (tertiary/aromatic N) is 2. The lowest BCUT2D eigenvalue weighted by Crippen LogP contribution is -2.41. The minimum Gasteiger partial charge on any atom is -0.493 e. The predicted octanol–water partition coefficient (Wildman–Crippen LogP) is 4.29. The van der Waals surface area contributed by atoms with Crippen molar-refractivity contribution in [1.82, 2.24) is 15.5 Å². The molecule has 178 valence electrons. The molecule has 0 saturated carbocycles. The third-order valence-corrected chi connectivity index (χ3v) is 5.62. The van der Waals surface area contributed by atoms with Crippen LogP contribution in [0.3, 0.4) is 0 Å². The van der Waals surface area contributed by atoms with Crippen LogP contribution in [-0.2, 0) is 12.3 Å². The average molecular weight is 577 g/mol. The van der Waals surface area contributed by atoms with Crippen molar-refractivity contribution >= 4 is 41.7 Å². The molecular weight excluding hydrogens is 542 g/mol. The minimum absolute atomic E-state index is 0. The van der Waals surface area contributed by atoms with E-state index in [9.17, 15) is 4.39 Å². The summed E-state index contributed by atoms with van der Waals surface area (Å²) in [6, 6.07) is 11.0. The number of ether oxygens (including phenoxy) is 2. The Bertz CT molecular complexity index is 883. The third kappa shape index (κ3) is 8.00. The third-order valence-electron chi connectivity index (χ3n) is 5.02. The number of hydrogen-bond acceptors (Lipinski definition) is 5. The molecule has 32 heavy (non-hydrogen) atoms. The molecule has 0 aromatic heterocycles. The first-order valence-corrected chi connectivity index (χ1v) is 11.4. The van der Waals surface area contributed by atoms with E-state index >= 15 is 0 Å². The molecule has 0 bridgehead atoms. The summed E-state index contributed by atoms with van der Waals surface area (Å²) in [6.45, 7) is 1.21. The van der Waals surface area contributed by atoms with E-state index in [4.69, 9.17) is 9.47 Å². The molecule has 0 saturated heterocycles. The summed E-state index contributed by atoms with van der Waals surface area (Å²) in [4.78, 5) is 6.47. The molecule has 0 spiro atoms. The van der Waals surface area contributed by atoms with Crippen LogP contribution in [0, 0.1) is 5.82 Å². The number of benzene rings is 2. The van der Waals surface area contributed by atoms with E-state index < -0.39 is 0 Å². The Morgan fingerprint density at radius 2 is 1.78 bits per heavy atom. The van der Waals surface area contributed by atoms with Crippen molar-refractivity contribution in [1.29, 1.82) is 0 Å². The van der Waals surface area contributed by atoms with Crippen molar-refractivity contribution < 1.29 is 13.9 Å². The first-order valence-electron chi connectivity index (χ1n) is 10.0. The molecule has 1 atom stereocenters. The summed E-state index contributed by atoms with van der Waals surface area (Å²) < 4.78 is 24.4. The first-order chi connectivity index (χ1) is 14.9. The highest BCUT2D eigenvalue weighted by molar-refractivity contribution is 14.0. The van der Waals surface area contributed by atoms with Crippen molar-refractivity contribution in [2.75, 3.05) is 48.2 Å². The van der Waals surface area contributed by atoms with Gasteiger partial charge in [-0.15, -0.1) is 24.0 Å². The zero-order valence-electron chi connectivity index (χ0n) is 19.6. The molecule has 0 aliphatic carbocycles. The molecule has 6 nitrogen and oxygen atoms in total. The Morgan fingerprint density at radius 3 is 2.38 bits per heavy atom. The minimum atomic E-state index is -0.209. The van der Waals surface area contributed by atoms with Crippen LogP contribution in [0.15, 0.2) is 41.4 Å². The number of guanidine groups is 1. The van der Waals surface area contributed by atoms with Crippen LogP contribution < -0.4 is 20.1 Å². The van der Waals surface area contributed by atoms with Gasteiger partial charge in [0.05, 0.1) is 20.3 Å². The van der Waals surface area contributed by atoms with Crippen molar-refractivity contribution in [3.8, 4) is 11.5 Å². The topological polar surface area (TPSA) is 58.1 Å². The van der Waals surface area contributed by atoms with Crippen molar-refractivity contribution in [2.24, 2.45) is 4.99 Å². The zero-order valence-corrected chi connectivity index (χ0v) is 22.7. The number of nitrogens with one attached hydrogen (secondary N) is 2. The van der Waals surface area contributed by atoms with Gasteiger partial charge in [-0.2, -0.15) is 11.8 Å². The highest BCUT2D eigenvalue weighted by atomic mass is 127. The van der Waals surface area contributed by atoms with Gasteiger partial charge in [0.1, 0.15) is 5.82 Å². The van der Waals surface area contributed by atoms with E-state index in [0.717, 1.165) is 22.4 Å². The van der Waals surface area contributed by atoms with Gasteiger partial charge >= 0.3 is 0 Å². The molecule has 2 rings (SSSR count). The molecule has 2 aromatic carbocycles. The lowest BCUT2D eigenvalue weighted by molar-refractivity contribution is 0.295. The highest BCUT2D eigenvalue weighted by Crippen LogP contribution is 2.31. The van der Waals surface area contributed by atoms with Gasteiger partial charge in [-0.25, -0.2) is 4.39 Å². The molecule has 0 heterocycles. The zero-order chi connectivity index (χ0) is 22.8. The normalized spacial score (nSPS) is 12.2. The SMILES string of the molecule is CN=C(NCc1ccc(F)cc1CSC)NCC(c1ccc(OC)c(OC)c1)N(C)C.I. The van der Waals surface area contributed by atoms with E-state index in [-0.39, 0.29) is 35.8 Å². The van der Waals surface area contributed by atoms with E-state index in [2.05, 4.69) is 20.5 Å². The largest absolute Gasteiger partial charge is 0.493 e. The van der Waals surface area contributed by atoms with E-state index in [1.807, 2.05) is 44.6 Å². The summed E-state index contributed by atoms with van der Waals surface area (Å²) in [7, 11) is 9.07. The monoisotopic (exact) mass is 576 g/mol. The van der Waals surface area contributed by atoms with Gasteiger partial charge < -0.3 is 25.0 Å². The number of hydrogen-bond donors (Lipinski definition) is 2. The standard InChI is InChI=1S/C23H33FN4O2S.HI/c1-25-23(26-13-17-7-9-19(24)11-18(17)15-31-6)27-14-20(28(2)3)16-8-10-21(29-4)22(12-16)30-5;/h7-12,20H,13-15H2,1-6H3,(H2,25,26,27);1H. The van der Waals surface area contributed by atoms with Gasteiger partial charge in [0.2, 0.25) is 0 Å². The molecule has 0 radical (unpaired) electrons. The van der Waals surface area contributed by atoms with Crippen LogP contribution in [0.25, 0.3) is 0 Å². The number of aliphatic imine (C=N–C) groups is 1. The van der Waals surface area contributed by atoms with E-state index in [1.165, 1.54) is 6.07 Å². The molecule has 0 aliphatic rings. The Labute approximate surface area is 212 Å². The van der Waals surface area contributed by atoms with E-state index in [1.54, 1.807) is 39.1 Å². The van der Waals surface area contributed by atoms with Gasteiger partial charge in [0.15, 0.2) is 17.5 Å². The first kappa shape index (κ1) is 28.3. The fourth-order valence-corrected chi connectivity index (χ4v) is 3.89.